The maximum absolute atomic E-state index is 13.3. The van der Waals surface area contributed by atoms with Crippen LogP contribution in [0.3, 0.4) is 0 Å². The Labute approximate surface area is 174 Å². The van der Waals surface area contributed by atoms with Crippen molar-refractivity contribution in [2.24, 2.45) is 0 Å². The van der Waals surface area contributed by atoms with Gasteiger partial charge in [-0.3, -0.25) is 0 Å². The van der Waals surface area contributed by atoms with Crippen LogP contribution in [0, 0.1) is 0 Å². The van der Waals surface area contributed by atoms with Gasteiger partial charge < -0.3 is 0 Å². The van der Waals surface area contributed by atoms with Crippen molar-refractivity contribution in [1.82, 2.24) is 0 Å². The first-order valence-electron chi connectivity index (χ1n) is 6.55. The van der Waals surface area contributed by atoms with Gasteiger partial charge in [0.05, 0.1) is 3.58 Å². The molecule has 0 spiro atoms. The molecule has 0 saturated heterocycles. The van der Waals surface area contributed by atoms with E-state index in [1.54, 1.807) is 0 Å². The molecule has 0 rings (SSSR count). The molecule has 0 aromatic carbocycles. The molecule has 0 aliphatic heterocycles. The second-order valence-electron chi connectivity index (χ2n) is 5.56. The van der Waals surface area contributed by atoms with Crippen molar-refractivity contribution >= 4 is 22.6 Å². The summed E-state index contributed by atoms with van der Waals surface area (Å²) in [7, 11) is 0. The van der Waals surface area contributed by atoms with Crippen LogP contribution in [0.1, 0.15) is 0 Å². The number of alkyl halides is 20. The van der Waals surface area contributed by atoms with Gasteiger partial charge in [-0.15, -0.1) is 0 Å². The molecule has 192 valence electrons. The lowest BCUT2D eigenvalue weighted by atomic mass is 9.89. The first kappa shape index (κ1) is 31.1. The molecule has 0 fully saturated rings. The Balaban J connectivity index is 6.86. The molecule has 0 nitrogen and oxygen atoms in total. The van der Waals surface area contributed by atoms with Crippen LogP contribution in [-0.4, -0.2) is 53.8 Å². The van der Waals surface area contributed by atoms with E-state index in [2.05, 4.69) is 0 Å². The van der Waals surface area contributed by atoms with E-state index in [1.807, 2.05) is 0 Å². The van der Waals surface area contributed by atoms with Crippen molar-refractivity contribution < 1.29 is 87.8 Å². The molecule has 0 N–H and O–H groups in total. The van der Waals surface area contributed by atoms with Crippen LogP contribution in [0.5, 0.6) is 0 Å². The van der Waals surface area contributed by atoms with Crippen molar-refractivity contribution in [3.8, 4) is 0 Å². The summed E-state index contributed by atoms with van der Waals surface area (Å²) < 4.78 is 252. The van der Waals surface area contributed by atoms with Gasteiger partial charge >= 0.3 is 53.8 Å². The van der Waals surface area contributed by atoms with Gasteiger partial charge in [0.15, 0.2) is 0 Å². The topological polar surface area (TPSA) is 0 Å². The van der Waals surface area contributed by atoms with Gasteiger partial charge in [-0.25, -0.2) is 0 Å². The van der Waals surface area contributed by atoms with Crippen LogP contribution in [-0.2, 0) is 0 Å². The molecular formula is C11HF20I. The minimum atomic E-state index is -8.83. The van der Waals surface area contributed by atoms with Gasteiger partial charge in [0.2, 0.25) is 0 Å². The smallest absolute Gasteiger partial charge is 0.195 e. The molecule has 0 unspecified atom stereocenters. The number of allylic oxidation sites excluding steroid dienone is 2. The molecule has 0 saturated carbocycles. The first-order chi connectivity index (χ1) is 13.4. The Morgan fingerprint density at radius 1 is 0.406 bits per heavy atom. The summed E-state index contributed by atoms with van der Waals surface area (Å²) in [6.45, 7) is 0. The van der Waals surface area contributed by atoms with Crippen LogP contribution in [0.15, 0.2) is 9.66 Å². The summed E-state index contributed by atoms with van der Waals surface area (Å²) in [4.78, 5) is 0. The van der Waals surface area contributed by atoms with Crippen molar-refractivity contribution in [2.45, 2.75) is 53.8 Å². The Kier molecular flexibility index (Phi) is 7.58. The van der Waals surface area contributed by atoms with E-state index in [0.29, 0.717) is 0 Å². The highest BCUT2D eigenvalue weighted by atomic mass is 127. The van der Waals surface area contributed by atoms with Crippen molar-refractivity contribution in [2.75, 3.05) is 0 Å². The molecule has 0 amide bonds. The Morgan fingerprint density at radius 2 is 0.656 bits per heavy atom. The number of hydrogen-bond acceptors (Lipinski definition) is 0. The molecule has 0 heterocycles. The lowest BCUT2D eigenvalue weighted by molar-refractivity contribution is -0.459. The Bertz CT molecular complexity index is 721. The summed E-state index contributed by atoms with van der Waals surface area (Å²) >= 11 is -0.291. The highest BCUT2D eigenvalue weighted by Gasteiger charge is 2.95. The highest BCUT2D eigenvalue weighted by molar-refractivity contribution is 14.1. The molecule has 21 heteroatoms. The van der Waals surface area contributed by atoms with E-state index < -0.39 is 63.5 Å². The SMILES string of the molecule is FC(F)(F)C(I)=CC(F)(F)C(F)(F)C(F)(F)C(F)(F)C(F)(F)C(F)(F)C(F)(F)C(F)(F)F. The molecular weight excluding hydrogens is 639 g/mol. The summed E-state index contributed by atoms with van der Waals surface area (Å²) in [5.41, 5.74) is 0. The fourth-order valence-corrected chi connectivity index (χ4v) is 1.90. The third-order valence-electron chi connectivity index (χ3n) is 3.33. The second-order valence-corrected chi connectivity index (χ2v) is 6.72. The van der Waals surface area contributed by atoms with E-state index in [1.165, 1.54) is 0 Å². The summed E-state index contributed by atoms with van der Waals surface area (Å²) in [5, 5.41) is 0. The first-order valence-corrected chi connectivity index (χ1v) is 7.62. The molecule has 0 aliphatic carbocycles. The maximum Gasteiger partial charge on any atom is 0.460 e. The number of halogens is 21. The zero-order chi connectivity index (χ0) is 26.8. The van der Waals surface area contributed by atoms with Gasteiger partial charge in [-0.2, -0.15) is 87.8 Å². The molecule has 0 aliphatic rings. The van der Waals surface area contributed by atoms with Crippen molar-refractivity contribution in [1.29, 1.82) is 0 Å². The predicted molar refractivity (Wildman–Crippen MR) is 68.8 cm³/mol. The predicted octanol–water partition coefficient (Wildman–Crippen LogP) is 7.88. The lowest BCUT2D eigenvalue weighted by Crippen LogP contribution is -2.74. The molecule has 0 bridgehead atoms. The van der Waals surface area contributed by atoms with E-state index in [4.69, 9.17) is 0 Å². The zero-order valence-corrected chi connectivity index (χ0v) is 15.7. The van der Waals surface area contributed by atoms with Gasteiger partial charge in [0.25, 0.3) is 0 Å². The Morgan fingerprint density at radius 3 is 0.906 bits per heavy atom. The van der Waals surface area contributed by atoms with Crippen LogP contribution in [0.4, 0.5) is 87.8 Å². The van der Waals surface area contributed by atoms with Gasteiger partial charge in [-0.1, -0.05) is 0 Å². The third-order valence-corrected chi connectivity index (χ3v) is 4.25. The van der Waals surface area contributed by atoms with E-state index >= 15 is 0 Å². The van der Waals surface area contributed by atoms with Crippen LogP contribution in [0.2, 0.25) is 0 Å². The molecule has 0 aromatic rings. The summed E-state index contributed by atoms with van der Waals surface area (Å²) in [6, 6.07) is 0. The minimum absolute atomic E-state index is 0.291. The normalized spacial score (nSPS) is 17.1. The van der Waals surface area contributed by atoms with Gasteiger partial charge in [0, 0.05) is 6.08 Å². The van der Waals surface area contributed by atoms with Crippen LogP contribution in [0.25, 0.3) is 0 Å². The van der Waals surface area contributed by atoms with E-state index in [9.17, 15) is 87.8 Å². The fraction of sp³-hybridized carbons (Fsp3) is 0.818. The largest absolute Gasteiger partial charge is 0.460 e. The lowest BCUT2D eigenvalue weighted by Gasteiger charge is -2.42. The van der Waals surface area contributed by atoms with Crippen LogP contribution < -0.4 is 0 Å². The second kappa shape index (κ2) is 7.80. The summed E-state index contributed by atoms with van der Waals surface area (Å²) in [6.07, 6.45) is -16.2. The fourth-order valence-electron chi connectivity index (χ4n) is 1.51. The number of rotatable bonds is 7. The quantitative estimate of drug-likeness (QED) is 0.196. The van der Waals surface area contributed by atoms with Crippen molar-refractivity contribution in [3.05, 3.63) is 9.66 Å². The van der Waals surface area contributed by atoms with Crippen molar-refractivity contribution in [3.63, 3.8) is 0 Å². The monoisotopic (exact) mass is 640 g/mol. The minimum Gasteiger partial charge on any atom is -0.195 e. The molecule has 0 atom stereocenters. The van der Waals surface area contributed by atoms with E-state index in [-0.39, 0.29) is 22.6 Å². The average molecular weight is 640 g/mol. The molecule has 0 aromatic heterocycles. The van der Waals surface area contributed by atoms with Crippen LogP contribution >= 0.6 is 22.6 Å². The molecule has 0 radical (unpaired) electrons. The highest BCUT2D eigenvalue weighted by Crippen LogP contribution is 2.64. The zero-order valence-electron chi connectivity index (χ0n) is 13.5. The standard InChI is InChI=1S/C11HF20I/c12-3(13,1-2(32)4(14,15)16)5(17,18)6(19,20)7(21,22)8(23,24)9(25,26)10(27,28)11(29,30)31/h1H. The molecule has 32 heavy (non-hydrogen) atoms. The average Bonchev–Trinajstić information content (AvgIpc) is 2.51. The summed E-state index contributed by atoms with van der Waals surface area (Å²) in [5.74, 6) is -58.7. The van der Waals surface area contributed by atoms with Gasteiger partial charge in [-0.05, 0) is 22.6 Å². The third kappa shape index (κ3) is 4.29. The Hall–Kier alpha value is -0.930. The van der Waals surface area contributed by atoms with Gasteiger partial charge in [0.1, 0.15) is 0 Å². The number of hydrogen-bond donors (Lipinski definition) is 0. The van der Waals surface area contributed by atoms with E-state index in [0.717, 1.165) is 0 Å². The maximum atomic E-state index is 13.3.